The fourth-order valence-electron chi connectivity index (χ4n) is 3.01. The molecule has 1 aromatic rings. The van der Waals surface area contributed by atoms with Crippen molar-refractivity contribution in [3.05, 3.63) is 72.0 Å². The van der Waals surface area contributed by atoms with Crippen molar-refractivity contribution in [1.82, 2.24) is 15.5 Å². The molecule has 1 heterocycles. The van der Waals surface area contributed by atoms with Gasteiger partial charge in [-0.3, -0.25) is 4.79 Å². The molecule has 0 radical (unpaired) electrons. The Morgan fingerprint density at radius 2 is 2.00 bits per heavy atom. The van der Waals surface area contributed by atoms with Crippen molar-refractivity contribution in [2.24, 2.45) is 0 Å². The highest BCUT2D eigenvalue weighted by molar-refractivity contribution is 5.94. The first-order valence-electron chi connectivity index (χ1n) is 9.49. The standard InChI is InChI=1S/C22H31N3O/c1-3-4-6-10-19(2)24-14-13-23-18-20-11-9-12-21(17-20)22(26)25-15-7-5-8-16-25/h3-4,6,9-12,17,23-24H,1,5,7-8,13-16,18H2,2H3/b6-4-,19-10+. The molecule has 1 aliphatic heterocycles. The van der Waals surface area contributed by atoms with Crippen LogP contribution in [0.5, 0.6) is 0 Å². The van der Waals surface area contributed by atoms with E-state index in [4.69, 9.17) is 0 Å². The maximum absolute atomic E-state index is 12.6. The van der Waals surface area contributed by atoms with Gasteiger partial charge in [-0.2, -0.15) is 0 Å². The maximum atomic E-state index is 12.6. The van der Waals surface area contributed by atoms with Crippen LogP contribution in [0.4, 0.5) is 0 Å². The second-order valence-electron chi connectivity index (χ2n) is 6.63. The van der Waals surface area contributed by atoms with E-state index in [1.54, 1.807) is 6.08 Å². The zero-order chi connectivity index (χ0) is 18.6. The van der Waals surface area contributed by atoms with Gasteiger partial charge in [0, 0.05) is 44.0 Å². The molecule has 2 rings (SSSR count). The normalized spacial score (nSPS) is 15.3. The molecule has 4 heteroatoms. The average Bonchev–Trinajstić information content (AvgIpc) is 2.68. The number of nitrogens with zero attached hydrogens (tertiary/aromatic N) is 1. The van der Waals surface area contributed by atoms with Crippen LogP contribution in [0.15, 0.2) is 60.8 Å². The lowest BCUT2D eigenvalue weighted by Gasteiger charge is -2.26. The van der Waals surface area contributed by atoms with Gasteiger partial charge in [0.15, 0.2) is 0 Å². The second kappa shape index (κ2) is 11.3. The van der Waals surface area contributed by atoms with E-state index in [0.29, 0.717) is 0 Å². The summed E-state index contributed by atoms with van der Waals surface area (Å²) < 4.78 is 0. The number of hydrogen-bond acceptors (Lipinski definition) is 3. The van der Waals surface area contributed by atoms with E-state index < -0.39 is 0 Å². The molecule has 2 N–H and O–H groups in total. The summed E-state index contributed by atoms with van der Waals surface area (Å²) in [6, 6.07) is 7.99. The number of piperidine rings is 1. The Morgan fingerprint density at radius 3 is 2.77 bits per heavy atom. The summed E-state index contributed by atoms with van der Waals surface area (Å²) in [6.07, 6.45) is 11.1. The Labute approximate surface area is 157 Å². The van der Waals surface area contributed by atoms with Crippen LogP contribution in [0.1, 0.15) is 42.1 Å². The second-order valence-corrected chi connectivity index (χ2v) is 6.63. The number of carbonyl (C=O) groups is 1. The molecule has 1 saturated heterocycles. The molecule has 1 aromatic carbocycles. The lowest BCUT2D eigenvalue weighted by atomic mass is 10.1. The quantitative estimate of drug-likeness (QED) is 0.526. The van der Waals surface area contributed by atoms with Crippen LogP contribution in [-0.4, -0.2) is 37.0 Å². The summed E-state index contributed by atoms with van der Waals surface area (Å²) in [7, 11) is 0. The lowest BCUT2D eigenvalue weighted by molar-refractivity contribution is 0.0724. The van der Waals surface area contributed by atoms with Crippen molar-refractivity contribution in [3.63, 3.8) is 0 Å². The molecule has 0 aliphatic carbocycles. The van der Waals surface area contributed by atoms with Gasteiger partial charge in [0.1, 0.15) is 0 Å². The van der Waals surface area contributed by atoms with Crippen molar-refractivity contribution in [1.29, 1.82) is 0 Å². The largest absolute Gasteiger partial charge is 0.387 e. The Kier molecular flexibility index (Phi) is 8.70. The smallest absolute Gasteiger partial charge is 0.253 e. The molecule has 1 amide bonds. The van der Waals surface area contributed by atoms with Crippen molar-refractivity contribution in [2.45, 2.75) is 32.7 Å². The Balaban J connectivity index is 1.74. The highest BCUT2D eigenvalue weighted by atomic mass is 16.2. The summed E-state index contributed by atoms with van der Waals surface area (Å²) in [6.45, 7) is 9.96. The minimum atomic E-state index is 0.168. The molecule has 0 unspecified atom stereocenters. The van der Waals surface area contributed by atoms with Gasteiger partial charge in [0.05, 0.1) is 0 Å². The zero-order valence-electron chi connectivity index (χ0n) is 15.8. The van der Waals surface area contributed by atoms with Crippen LogP contribution in [0.3, 0.4) is 0 Å². The number of amides is 1. The van der Waals surface area contributed by atoms with E-state index >= 15 is 0 Å². The van der Waals surface area contributed by atoms with E-state index in [-0.39, 0.29) is 5.91 Å². The summed E-state index contributed by atoms with van der Waals surface area (Å²) in [5, 5.41) is 6.77. The molecule has 4 nitrogen and oxygen atoms in total. The molecular weight excluding hydrogens is 322 g/mol. The third-order valence-corrected chi connectivity index (χ3v) is 4.45. The third-order valence-electron chi connectivity index (χ3n) is 4.45. The van der Waals surface area contributed by atoms with Crippen LogP contribution in [-0.2, 0) is 6.54 Å². The van der Waals surface area contributed by atoms with Gasteiger partial charge < -0.3 is 15.5 Å². The molecule has 0 aromatic heterocycles. The van der Waals surface area contributed by atoms with E-state index in [2.05, 4.69) is 23.3 Å². The molecule has 26 heavy (non-hydrogen) atoms. The molecule has 0 bridgehead atoms. The van der Waals surface area contributed by atoms with Gasteiger partial charge >= 0.3 is 0 Å². The topological polar surface area (TPSA) is 44.4 Å². The van der Waals surface area contributed by atoms with Crippen molar-refractivity contribution >= 4 is 5.91 Å². The van der Waals surface area contributed by atoms with Gasteiger partial charge in [0.2, 0.25) is 0 Å². The van der Waals surface area contributed by atoms with Crippen LogP contribution in [0.25, 0.3) is 0 Å². The van der Waals surface area contributed by atoms with Crippen molar-refractivity contribution < 1.29 is 4.79 Å². The minimum absolute atomic E-state index is 0.168. The fraction of sp³-hybridized carbons (Fsp3) is 0.409. The van der Waals surface area contributed by atoms with Crippen molar-refractivity contribution in [2.75, 3.05) is 26.2 Å². The SMILES string of the molecule is C=C/C=C\C=C(/C)NCCNCc1cccc(C(=O)N2CCCCC2)c1. The molecule has 140 valence electrons. The van der Waals surface area contributed by atoms with Crippen LogP contribution in [0, 0.1) is 0 Å². The average molecular weight is 354 g/mol. The number of rotatable bonds is 9. The molecule has 0 saturated carbocycles. The maximum Gasteiger partial charge on any atom is 0.253 e. The highest BCUT2D eigenvalue weighted by Gasteiger charge is 2.18. The fourth-order valence-corrected chi connectivity index (χ4v) is 3.01. The first kappa shape index (κ1) is 20.0. The van der Waals surface area contributed by atoms with E-state index in [9.17, 15) is 4.79 Å². The number of likely N-dealkylation sites (tertiary alicyclic amines) is 1. The molecular formula is C22H31N3O. The molecule has 0 atom stereocenters. The van der Waals surface area contributed by atoms with Crippen LogP contribution < -0.4 is 10.6 Å². The Morgan fingerprint density at radius 1 is 1.19 bits per heavy atom. The first-order valence-corrected chi connectivity index (χ1v) is 9.49. The van der Waals surface area contributed by atoms with E-state index in [0.717, 1.165) is 62.4 Å². The summed E-state index contributed by atoms with van der Waals surface area (Å²) >= 11 is 0. The lowest BCUT2D eigenvalue weighted by Crippen LogP contribution is -2.35. The predicted octanol–water partition coefficient (Wildman–Crippen LogP) is 3.64. The van der Waals surface area contributed by atoms with Gasteiger partial charge in [0.25, 0.3) is 5.91 Å². The minimum Gasteiger partial charge on any atom is -0.387 e. The first-order chi connectivity index (χ1) is 12.7. The van der Waals surface area contributed by atoms with Crippen LogP contribution >= 0.6 is 0 Å². The van der Waals surface area contributed by atoms with Gasteiger partial charge in [-0.05, 0) is 50.0 Å². The van der Waals surface area contributed by atoms with Gasteiger partial charge in [-0.1, -0.05) is 36.9 Å². The Hall–Kier alpha value is -2.33. The van der Waals surface area contributed by atoms with E-state index in [1.807, 2.05) is 48.3 Å². The third kappa shape index (κ3) is 6.89. The molecule has 1 fully saturated rings. The number of hydrogen-bond donors (Lipinski definition) is 2. The van der Waals surface area contributed by atoms with Gasteiger partial charge in [-0.25, -0.2) is 0 Å². The van der Waals surface area contributed by atoms with Crippen LogP contribution in [0.2, 0.25) is 0 Å². The zero-order valence-corrected chi connectivity index (χ0v) is 15.8. The van der Waals surface area contributed by atoms with Crippen molar-refractivity contribution in [3.8, 4) is 0 Å². The summed E-state index contributed by atoms with van der Waals surface area (Å²) in [5.41, 5.74) is 3.07. The summed E-state index contributed by atoms with van der Waals surface area (Å²) in [4.78, 5) is 14.6. The number of benzene rings is 1. The summed E-state index contributed by atoms with van der Waals surface area (Å²) in [5.74, 6) is 0.168. The molecule has 1 aliphatic rings. The predicted molar refractivity (Wildman–Crippen MR) is 109 cm³/mol. The number of carbonyl (C=O) groups excluding carboxylic acids is 1. The number of nitrogens with one attached hydrogen (secondary N) is 2. The number of allylic oxidation sites excluding steroid dienone is 5. The monoisotopic (exact) mass is 353 g/mol. The molecule has 0 spiro atoms. The van der Waals surface area contributed by atoms with E-state index in [1.165, 1.54) is 6.42 Å². The Bertz CT molecular complexity index is 643. The van der Waals surface area contributed by atoms with Gasteiger partial charge in [-0.15, -0.1) is 0 Å². The highest BCUT2D eigenvalue weighted by Crippen LogP contribution is 2.14.